The Hall–Kier alpha value is -3.36. The number of benzene rings is 1. The first-order valence-electron chi connectivity index (χ1n) is 5.89. The largest absolute Gasteiger partial charge is 0.368 e. The fraction of sp³-hybridized carbons (Fsp3) is 0. The van der Waals surface area contributed by atoms with E-state index in [0.29, 0.717) is 17.2 Å². The molecule has 104 valence electrons. The number of hydrogen-bond donors (Lipinski definition) is 1. The molecule has 0 spiro atoms. The highest BCUT2D eigenvalue weighted by Gasteiger charge is 2.11. The number of aromatic nitrogens is 5. The van der Waals surface area contributed by atoms with Crippen LogP contribution < -0.4 is 5.73 Å². The first-order chi connectivity index (χ1) is 10.1. The van der Waals surface area contributed by atoms with Crippen molar-refractivity contribution in [2.75, 3.05) is 5.73 Å². The summed E-state index contributed by atoms with van der Waals surface area (Å²) in [6.07, 6.45) is 2.96. The minimum absolute atomic E-state index is 0.0184. The van der Waals surface area contributed by atoms with Crippen LogP contribution in [0.3, 0.4) is 0 Å². The molecule has 0 atom stereocenters. The first kappa shape index (κ1) is 12.7. The number of nitro groups is 1. The molecule has 0 fully saturated rings. The average molecular weight is 283 g/mol. The Morgan fingerprint density at radius 3 is 2.86 bits per heavy atom. The Balaban J connectivity index is 1.98. The van der Waals surface area contributed by atoms with Crippen LogP contribution in [-0.2, 0) is 0 Å². The lowest BCUT2D eigenvalue weighted by molar-refractivity contribution is -0.384. The summed E-state index contributed by atoms with van der Waals surface area (Å²) < 4.78 is 1.42. The lowest BCUT2D eigenvalue weighted by atomic mass is 10.2. The first-order valence-corrected chi connectivity index (χ1v) is 5.89. The molecule has 0 unspecified atom stereocenters. The van der Waals surface area contributed by atoms with E-state index in [1.807, 2.05) is 0 Å². The summed E-state index contributed by atoms with van der Waals surface area (Å²) in [6, 6.07) is 7.72. The molecule has 0 bridgehead atoms. The SMILES string of the molecule is Nc1nccc(-n2cnc(-c3cccc([N+](=O)[O-])c3)n2)n1. The van der Waals surface area contributed by atoms with Crippen molar-refractivity contribution in [3.8, 4) is 17.2 Å². The molecule has 0 saturated carbocycles. The minimum atomic E-state index is -0.467. The number of nitrogens with zero attached hydrogens (tertiary/aromatic N) is 6. The molecule has 0 aliphatic rings. The van der Waals surface area contributed by atoms with Crippen LogP contribution in [0.5, 0.6) is 0 Å². The number of non-ortho nitro benzene ring substituents is 1. The van der Waals surface area contributed by atoms with Crippen molar-refractivity contribution in [3.63, 3.8) is 0 Å². The summed E-state index contributed by atoms with van der Waals surface area (Å²) >= 11 is 0. The molecule has 2 aromatic heterocycles. The van der Waals surface area contributed by atoms with Gasteiger partial charge in [0.1, 0.15) is 6.33 Å². The van der Waals surface area contributed by atoms with Crippen LogP contribution in [0.2, 0.25) is 0 Å². The van der Waals surface area contributed by atoms with Crippen LogP contribution in [0.15, 0.2) is 42.9 Å². The fourth-order valence-electron chi connectivity index (χ4n) is 1.76. The number of nitrogens with two attached hydrogens (primary N) is 1. The lowest BCUT2D eigenvalue weighted by Crippen LogP contribution is -2.02. The predicted octanol–water partition coefficient (Wildman–Crippen LogP) is 1.21. The van der Waals surface area contributed by atoms with Crippen LogP contribution in [0, 0.1) is 10.1 Å². The second-order valence-corrected chi connectivity index (χ2v) is 4.09. The Bertz CT molecular complexity index is 815. The highest BCUT2D eigenvalue weighted by atomic mass is 16.6. The Kier molecular flexibility index (Phi) is 2.99. The normalized spacial score (nSPS) is 10.5. The van der Waals surface area contributed by atoms with Crippen LogP contribution in [0.1, 0.15) is 0 Å². The van der Waals surface area contributed by atoms with Gasteiger partial charge in [-0.25, -0.2) is 14.6 Å². The molecule has 2 N–H and O–H groups in total. The molecular formula is C12H9N7O2. The van der Waals surface area contributed by atoms with E-state index in [1.54, 1.807) is 18.2 Å². The molecule has 9 nitrogen and oxygen atoms in total. The maximum atomic E-state index is 10.8. The van der Waals surface area contributed by atoms with Crippen LogP contribution in [-0.4, -0.2) is 29.7 Å². The Labute approximate surface area is 118 Å². The molecular weight excluding hydrogens is 274 g/mol. The van der Waals surface area contributed by atoms with Gasteiger partial charge in [0.05, 0.1) is 4.92 Å². The predicted molar refractivity (Wildman–Crippen MR) is 73.5 cm³/mol. The van der Waals surface area contributed by atoms with Crippen molar-refractivity contribution in [1.82, 2.24) is 24.7 Å². The van der Waals surface area contributed by atoms with E-state index < -0.39 is 4.92 Å². The zero-order chi connectivity index (χ0) is 14.8. The summed E-state index contributed by atoms with van der Waals surface area (Å²) in [5.41, 5.74) is 6.04. The Morgan fingerprint density at radius 1 is 1.24 bits per heavy atom. The van der Waals surface area contributed by atoms with Crippen molar-refractivity contribution in [2.45, 2.75) is 0 Å². The number of nitrogen functional groups attached to an aromatic ring is 1. The van der Waals surface area contributed by atoms with Gasteiger partial charge in [0.2, 0.25) is 5.95 Å². The van der Waals surface area contributed by atoms with E-state index in [1.165, 1.54) is 29.3 Å². The van der Waals surface area contributed by atoms with E-state index >= 15 is 0 Å². The van der Waals surface area contributed by atoms with Crippen molar-refractivity contribution < 1.29 is 4.92 Å². The monoisotopic (exact) mass is 283 g/mol. The summed E-state index contributed by atoms with van der Waals surface area (Å²) in [4.78, 5) is 22.2. The number of rotatable bonds is 3. The molecule has 0 amide bonds. The third-order valence-electron chi connectivity index (χ3n) is 2.70. The van der Waals surface area contributed by atoms with Gasteiger partial charge in [0.25, 0.3) is 5.69 Å². The third kappa shape index (κ3) is 2.52. The molecule has 2 heterocycles. The summed E-state index contributed by atoms with van der Waals surface area (Å²) in [7, 11) is 0. The van der Waals surface area contributed by atoms with Gasteiger partial charge >= 0.3 is 0 Å². The minimum Gasteiger partial charge on any atom is -0.368 e. The molecule has 9 heteroatoms. The van der Waals surface area contributed by atoms with Gasteiger partial charge in [-0.15, -0.1) is 5.10 Å². The zero-order valence-corrected chi connectivity index (χ0v) is 10.6. The van der Waals surface area contributed by atoms with E-state index in [9.17, 15) is 10.1 Å². The molecule has 3 rings (SSSR count). The van der Waals surface area contributed by atoms with Gasteiger partial charge in [-0.2, -0.15) is 4.98 Å². The second kappa shape index (κ2) is 4.96. The van der Waals surface area contributed by atoms with E-state index in [4.69, 9.17) is 5.73 Å². The van der Waals surface area contributed by atoms with Crippen molar-refractivity contribution in [1.29, 1.82) is 0 Å². The number of hydrogen-bond acceptors (Lipinski definition) is 7. The lowest BCUT2D eigenvalue weighted by Gasteiger charge is -1.99. The molecule has 0 aliphatic carbocycles. The van der Waals surface area contributed by atoms with Crippen LogP contribution in [0.4, 0.5) is 11.6 Å². The highest BCUT2D eigenvalue weighted by Crippen LogP contribution is 2.20. The van der Waals surface area contributed by atoms with Crippen LogP contribution >= 0.6 is 0 Å². The Morgan fingerprint density at radius 2 is 2.10 bits per heavy atom. The van der Waals surface area contributed by atoms with Gasteiger partial charge in [-0.05, 0) is 0 Å². The smallest absolute Gasteiger partial charge is 0.270 e. The van der Waals surface area contributed by atoms with Gasteiger partial charge in [0.15, 0.2) is 11.6 Å². The summed E-state index contributed by atoms with van der Waals surface area (Å²) in [6.45, 7) is 0. The van der Waals surface area contributed by atoms with Gasteiger partial charge in [-0.3, -0.25) is 10.1 Å². The molecule has 1 aromatic carbocycles. The van der Waals surface area contributed by atoms with Crippen molar-refractivity contribution >= 4 is 11.6 Å². The number of nitro benzene ring substituents is 1. The maximum absolute atomic E-state index is 10.8. The van der Waals surface area contributed by atoms with Crippen molar-refractivity contribution in [3.05, 3.63) is 53.0 Å². The molecule has 3 aromatic rings. The van der Waals surface area contributed by atoms with E-state index in [2.05, 4.69) is 20.1 Å². The standard InChI is InChI=1S/C12H9N7O2/c13-12-14-5-4-10(16-12)18-7-15-11(17-18)8-2-1-3-9(6-8)19(20)21/h1-7H,(H2,13,14,16). The van der Waals surface area contributed by atoms with E-state index in [-0.39, 0.29) is 11.6 Å². The highest BCUT2D eigenvalue weighted by molar-refractivity contribution is 5.58. The van der Waals surface area contributed by atoms with Gasteiger partial charge in [-0.1, -0.05) is 12.1 Å². The topological polar surface area (TPSA) is 126 Å². The molecule has 21 heavy (non-hydrogen) atoms. The van der Waals surface area contributed by atoms with Crippen LogP contribution in [0.25, 0.3) is 17.2 Å². The van der Waals surface area contributed by atoms with Gasteiger partial charge in [0, 0.05) is 30.0 Å². The molecule has 0 aliphatic heterocycles. The van der Waals surface area contributed by atoms with E-state index in [0.717, 1.165) is 0 Å². The summed E-state index contributed by atoms with van der Waals surface area (Å²) in [5.74, 6) is 0.947. The summed E-state index contributed by atoms with van der Waals surface area (Å²) in [5, 5.41) is 15.0. The fourth-order valence-corrected chi connectivity index (χ4v) is 1.76. The third-order valence-corrected chi connectivity index (χ3v) is 2.70. The average Bonchev–Trinajstić information content (AvgIpc) is 2.97. The molecule has 0 saturated heterocycles. The molecule has 0 radical (unpaired) electrons. The number of anilines is 1. The van der Waals surface area contributed by atoms with Crippen molar-refractivity contribution in [2.24, 2.45) is 0 Å². The van der Waals surface area contributed by atoms with Gasteiger partial charge < -0.3 is 5.73 Å². The quantitative estimate of drug-likeness (QED) is 0.565. The zero-order valence-electron chi connectivity index (χ0n) is 10.6. The maximum Gasteiger partial charge on any atom is 0.270 e. The second-order valence-electron chi connectivity index (χ2n) is 4.09.